The summed E-state index contributed by atoms with van der Waals surface area (Å²) in [5.74, 6) is -0.520. The molecule has 0 spiro atoms. The molecule has 1 aromatic rings. The zero-order valence-corrected chi connectivity index (χ0v) is 15.9. The van der Waals surface area contributed by atoms with Gasteiger partial charge < -0.3 is 21.1 Å². The number of benzene rings is 1. The molecule has 148 valence electrons. The SMILES string of the molecule is CN(CC1CCC1)[C@@H]1Cc2ccc(C(N)=O)c(O)c2C2CC(O)CC[C@]21O. The van der Waals surface area contributed by atoms with Crippen LogP contribution in [-0.4, -0.2) is 57.5 Å². The maximum absolute atomic E-state index is 11.8. The van der Waals surface area contributed by atoms with Crippen LogP contribution < -0.4 is 5.73 Å². The number of hydrogen-bond acceptors (Lipinski definition) is 5. The summed E-state index contributed by atoms with van der Waals surface area (Å²) in [7, 11) is 2.08. The van der Waals surface area contributed by atoms with Crippen molar-refractivity contribution in [2.45, 2.75) is 68.6 Å². The molecule has 4 rings (SSSR count). The Morgan fingerprint density at radius 3 is 2.70 bits per heavy atom. The van der Waals surface area contributed by atoms with Crippen molar-refractivity contribution in [2.75, 3.05) is 13.6 Å². The maximum atomic E-state index is 11.8. The van der Waals surface area contributed by atoms with Gasteiger partial charge in [-0.15, -0.1) is 0 Å². The Labute approximate surface area is 160 Å². The van der Waals surface area contributed by atoms with Crippen LogP contribution in [0.25, 0.3) is 0 Å². The van der Waals surface area contributed by atoms with Crippen LogP contribution in [0.15, 0.2) is 12.1 Å². The zero-order valence-electron chi connectivity index (χ0n) is 15.9. The molecule has 0 radical (unpaired) electrons. The lowest BCUT2D eigenvalue weighted by molar-refractivity contribution is -0.112. The smallest absolute Gasteiger partial charge is 0.252 e. The predicted octanol–water partition coefficient (Wildman–Crippen LogP) is 1.51. The average molecular weight is 374 g/mol. The second kappa shape index (κ2) is 6.76. The topological polar surface area (TPSA) is 107 Å². The molecule has 1 aromatic carbocycles. The molecule has 0 heterocycles. The van der Waals surface area contributed by atoms with Gasteiger partial charge in [0, 0.05) is 24.1 Å². The molecule has 0 aliphatic heterocycles. The van der Waals surface area contributed by atoms with Gasteiger partial charge in [-0.2, -0.15) is 0 Å². The van der Waals surface area contributed by atoms with E-state index >= 15 is 0 Å². The normalized spacial score (nSPS) is 33.3. The molecule has 2 saturated carbocycles. The number of aromatic hydroxyl groups is 1. The molecule has 0 bridgehead atoms. The van der Waals surface area contributed by atoms with Crippen molar-refractivity contribution in [2.24, 2.45) is 11.7 Å². The number of nitrogens with two attached hydrogens (primary N) is 1. The van der Waals surface area contributed by atoms with E-state index in [-0.39, 0.29) is 17.4 Å². The molecular formula is C21H30N2O4. The number of primary amides is 1. The van der Waals surface area contributed by atoms with E-state index in [1.54, 1.807) is 6.07 Å². The third kappa shape index (κ3) is 3.04. The van der Waals surface area contributed by atoms with Crippen molar-refractivity contribution in [3.63, 3.8) is 0 Å². The quantitative estimate of drug-likeness (QED) is 0.639. The van der Waals surface area contributed by atoms with Gasteiger partial charge in [0.1, 0.15) is 5.75 Å². The standard InChI is InChI=1S/C21H30N2O4/c1-23(11-12-3-2-4-12)17-9-13-5-6-15(20(22)26)19(25)18(13)16-10-14(24)7-8-21(16,17)27/h5-6,12,14,16-17,24-25,27H,2-4,7-11H2,1H3,(H2,22,26)/t14?,16?,17-,21+/m1/s1. The highest BCUT2D eigenvalue weighted by atomic mass is 16.3. The minimum Gasteiger partial charge on any atom is -0.507 e. The first-order chi connectivity index (χ1) is 12.8. The highest BCUT2D eigenvalue weighted by molar-refractivity contribution is 5.96. The number of amides is 1. The highest BCUT2D eigenvalue weighted by Crippen LogP contribution is 2.52. The lowest BCUT2D eigenvalue weighted by Crippen LogP contribution is -2.61. The Morgan fingerprint density at radius 1 is 1.33 bits per heavy atom. The molecule has 27 heavy (non-hydrogen) atoms. The van der Waals surface area contributed by atoms with Crippen molar-refractivity contribution < 1.29 is 20.1 Å². The van der Waals surface area contributed by atoms with Gasteiger partial charge in [0.2, 0.25) is 0 Å². The molecular weight excluding hydrogens is 344 g/mol. The molecule has 6 heteroatoms. The molecule has 4 atom stereocenters. The lowest BCUT2D eigenvalue weighted by Gasteiger charge is -2.53. The van der Waals surface area contributed by atoms with Gasteiger partial charge in [-0.1, -0.05) is 12.5 Å². The van der Waals surface area contributed by atoms with Gasteiger partial charge in [-0.05, 0) is 63.1 Å². The summed E-state index contributed by atoms with van der Waals surface area (Å²) in [4.78, 5) is 14.0. The van der Waals surface area contributed by atoms with E-state index in [1.165, 1.54) is 19.3 Å². The van der Waals surface area contributed by atoms with E-state index in [0.717, 1.165) is 12.1 Å². The molecule has 3 aliphatic rings. The molecule has 0 aromatic heterocycles. The fourth-order valence-electron chi connectivity index (χ4n) is 5.48. The van der Waals surface area contributed by atoms with Gasteiger partial charge in [-0.25, -0.2) is 0 Å². The van der Waals surface area contributed by atoms with Crippen LogP contribution in [0.2, 0.25) is 0 Å². The van der Waals surface area contributed by atoms with Crippen LogP contribution in [0.3, 0.4) is 0 Å². The van der Waals surface area contributed by atoms with Crippen LogP contribution in [-0.2, 0) is 6.42 Å². The summed E-state index contributed by atoms with van der Waals surface area (Å²) in [6.07, 6.45) is 5.30. The van der Waals surface area contributed by atoms with Gasteiger partial charge in [0.15, 0.2) is 0 Å². The summed E-state index contributed by atoms with van der Waals surface area (Å²) >= 11 is 0. The van der Waals surface area contributed by atoms with E-state index in [4.69, 9.17) is 5.73 Å². The van der Waals surface area contributed by atoms with Crippen molar-refractivity contribution in [3.8, 4) is 5.75 Å². The minimum absolute atomic E-state index is 0.0677. The summed E-state index contributed by atoms with van der Waals surface area (Å²) < 4.78 is 0. The Bertz CT molecular complexity index is 748. The second-order valence-corrected chi connectivity index (χ2v) is 8.83. The molecule has 2 unspecified atom stereocenters. The van der Waals surface area contributed by atoms with E-state index in [1.807, 2.05) is 6.07 Å². The first kappa shape index (κ1) is 18.7. The highest BCUT2D eigenvalue weighted by Gasteiger charge is 2.53. The molecule has 6 nitrogen and oxygen atoms in total. The molecule has 0 saturated heterocycles. The van der Waals surface area contributed by atoms with Crippen LogP contribution >= 0.6 is 0 Å². The van der Waals surface area contributed by atoms with Crippen LogP contribution in [0, 0.1) is 5.92 Å². The predicted molar refractivity (Wildman–Crippen MR) is 102 cm³/mol. The number of aliphatic hydroxyl groups excluding tert-OH is 1. The molecule has 5 N–H and O–H groups in total. The largest absolute Gasteiger partial charge is 0.507 e. The summed E-state index contributed by atoms with van der Waals surface area (Å²) in [5.41, 5.74) is 6.00. The van der Waals surface area contributed by atoms with E-state index in [2.05, 4.69) is 11.9 Å². The van der Waals surface area contributed by atoms with E-state index in [0.29, 0.717) is 37.2 Å². The second-order valence-electron chi connectivity index (χ2n) is 8.83. The van der Waals surface area contributed by atoms with Crippen LogP contribution in [0.1, 0.15) is 65.9 Å². The maximum Gasteiger partial charge on any atom is 0.252 e. The number of phenols is 1. The number of rotatable bonds is 4. The van der Waals surface area contributed by atoms with Gasteiger partial charge in [-0.3, -0.25) is 9.69 Å². The number of fused-ring (bicyclic) bond motifs is 3. The lowest BCUT2D eigenvalue weighted by atomic mass is 9.61. The number of hydrogen-bond donors (Lipinski definition) is 4. The molecule has 2 fully saturated rings. The zero-order chi connectivity index (χ0) is 19.3. The van der Waals surface area contributed by atoms with Gasteiger partial charge >= 0.3 is 0 Å². The number of aliphatic hydroxyl groups is 2. The number of likely N-dealkylation sites (N-methyl/N-ethyl adjacent to an activating group) is 1. The average Bonchev–Trinajstić information content (AvgIpc) is 2.58. The Balaban J connectivity index is 1.75. The fraction of sp³-hybridized carbons (Fsp3) is 0.667. The van der Waals surface area contributed by atoms with Gasteiger partial charge in [0.25, 0.3) is 5.91 Å². The fourth-order valence-corrected chi connectivity index (χ4v) is 5.48. The Hall–Kier alpha value is -1.63. The number of carbonyl (C=O) groups excluding carboxylic acids is 1. The van der Waals surface area contributed by atoms with Crippen molar-refractivity contribution >= 4 is 5.91 Å². The first-order valence-corrected chi connectivity index (χ1v) is 10.1. The summed E-state index contributed by atoms with van der Waals surface area (Å²) in [5, 5.41) is 32.8. The van der Waals surface area contributed by atoms with E-state index < -0.39 is 23.5 Å². The third-order valence-electron chi connectivity index (χ3n) is 7.20. The number of carbonyl (C=O) groups is 1. The minimum atomic E-state index is -1.03. The first-order valence-electron chi connectivity index (χ1n) is 10.1. The van der Waals surface area contributed by atoms with Crippen molar-refractivity contribution in [1.82, 2.24) is 4.90 Å². The van der Waals surface area contributed by atoms with Crippen LogP contribution in [0.5, 0.6) is 5.75 Å². The van der Waals surface area contributed by atoms with E-state index in [9.17, 15) is 20.1 Å². The molecule has 1 amide bonds. The third-order valence-corrected chi connectivity index (χ3v) is 7.20. The van der Waals surface area contributed by atoms with Crippen LogP contribution in [0.4, 0.5) is 0 Å². The summed E-state index contributed by atoms with van der Waals surface area (Å²) in [6, 6.07) is 3.35. The molecule has 3 aliphatic carbocycles. The number of nitrogens with zero attached hydrogens (tertiary/aromatic N) is 1. The summed E-state index contributed by atoms with van der Waals surface area (Å²) in [6.45, 7) is 0.961. The monoisotopic (exact) mass is 374 g/mol. The Morgan fingerprint density at radius 2 is 2.07 bits per heavy atom. The van der Waals surface area contributed by atoms with Crippen molar-refractivity contribution in [1.29, 1.82) is 0 Å². The van der Waals surface area contributed by atoms with Crippen molar-refractivity contribution in [3.05, 3.63) is 28.8 Å². The van der Waals surface area contributed by atoms with Gasteiger partial charge in [0.05, 0.1) is 17.3 Å². The Kier molecular flexibility index (Phi) is 4.69.